The van der Waals surface area contributed by atoms with E-state index in [9.17, 15) is 0 Å². The van der Waals surface area contributed by atoms with Crippen LogP contribution in [0.25, 0.3) is 66.1 Å². The van der Waals surface area contributed by atoms with Gasteiger partial charge in [0.25, 0.3) is 0 Å². The monoisotopic (exact) mass is 689 g/mol. The van der Waals surface area contributed by atoms with Crippen LogP contribution in [0.2, 0.25) is 0 Å². The second-order valence-electron chi connectivity index (χ2n) is 14.9. The third-order valence-electron chi connectivity index (χ3n) is 11.4. The van der Waals surface area contributed by atoms with Gasteiger partial charge in [0.1, 0.15) is 0 Å². The number of hydrogen-bond donors (Lipinski definition) is 0. The molecule has 0 spiro atoms. The number of benzene rings is 9. The Balaban J connectivity index is 1.12. The van der Waals surface area contributed by atoms with Gasteiger partial charge in [0.2, 0.25) is 0 Å². The first-order valence-corrected chi connectivity index (χ1v) is 18.8. The zero-order chi connectivity index (χ0) is 36.2. The number of hydrogen-bond acceptors (Lipinski definition) is 1. The summed E-state index contributed by atoms with van der Waals surface area (Å²) in [6.45, 7) is 4.73. The minimum Gasteiger partial charge on any atom is -0.310 e. The maximum Gasteiger partial charge on any atom is 0.0467 e. The molecule has 1 heteroatoms. The lowest BCUT2D eigenvalue weighted by atomic mass is 9.79. The Morgan fingerprint density at radius 2 is 0.796 bits per heavy atom. The minimum absolute atomic E-state index is 0.0860. The van der Waals surface area contributed by atoms with Gasteiger partial charge in [-0.3, -0.25) is 0 Å². The molecule has 0 atom stereocenters. The van der Waals surface area contributed by atoms with Crippen LogP contribution in [0.1, 0.15) is 25.0 Å². The fourth-order valence-electron chi connectivity index (χ4n) is 8.90. The lowest BCUT2D eigenvalue weighted by molar-refractivity contribution is 0.662. The van der Waals surface area contributed by atoms with E-state index in [0.29, 0.717) is 0 Å². The van der Waals surface area contributed by atoms with Crippen molar-refractivity contribution in [1.82, 2.24) is 0 Å². The average molecular weight is 690 g/mol. The van der Waals surface area contributed by atoms with Crippen LogP contribution < -0.4 is 4.90 Å². The van der Waals surface area contributed by atoms with E-state index in [0.717, 1.165) is 17.1 Å². The molecule has 0 aromatic heterocycles. The van der Waals surface area contributed by atoms with E-state index in [1.807, 2.05) is 0 Å². The van der Waals surface area contributed by atoms with Crippen LogP contribution in [-0.2, 0) is 5.41 Å². The molecule has 1 aliphatic carbocycles. The summed E-state index contributed by atoms with van der Waals surface area (Å²) in [7, 11) is 0. The smallest absolute Gasteiger partial charge is 0.0467 e. The van der Waals surface area contributed by atoms with Crippen molar-refractivity contribution in [2.24, 2.45) is 0 Å². The molecule has 0 radical (unpaired) electrons. The highest BCUT2D eigenvalue weighted by atomic mass is 15.1. The molecule has 10 rings (SSSR count). The SMILES string of the molecule is CC1(C)c2ccccc2-c2cccc(-c3ccc(N(c4cccc(-c5cccc6ccccc56)c4)c4cccc(-c5cccc6ccccc56)c4)cc3)c21. The van der Waals surface area contributed by atoms with E-state index in [1.54, 1.807) is 0 Å². The first-order valence-electron chi connectivity index (χ1n) is 18.8. The molecule has 9 aromatic carbocycles. The van der Waals surface area contributed by atoms with Gasteiger partial charge in [-0.25, -0.2) is 0 Å². The summed E-state index contributed by atoms with van der Waals surface area (Å²) < 4.78 is 0. The topological polar surface area (TPSA) is 3.24 Å². The van der Waals surface area contributed by atoms with E-state index in [-0.39, 0.29) is 5.41 Å². The van der Waals surface area contributed by atoms with Crippen LogP contribution in [-0.4, -0.2) is 0 Å². The Labute approximate surface area is 317 Å². The van der Waals surface area contributed by atoms with Crippen molar-refractivity contribution >= 4 is 38.6 Å². The lowest BCUT2D eigenvalue weighted by Gasteiger charge is -2.27. The van der Waals surface area contributed by atoms with Gasteiger partial charge >= 0.3 is 0 Å². The van der Waals surface area contributed by atoms with Gasteiger partial charge in [0.05, 0.1) is 0 Å². The Hall–Kier alpha value is -6.70. The van der Waals surface area contributed by atoms with Crippen LogP contribution in [0.15, 0.2) is 200 Å². The Morgan fingerprint density at radius 1 is 0.333 bits per heavy atom. The van der Waals surface area contributed by atoms with Crippen LogP contribution in [0.4, 0.5) is 17.1 Å². The quantitative estimate of drug-likeness (QED) is 0.168. The van der Waals surface area contributed by atoms with Gasteiger partial charge in [-0.15, -0.1) is 0 Å². The summed E-state index contributed by atoms with van der Waals surface area (Å²) in [5.41, 5.74) is 16.1. The highest BCUT2D eigenvalue weighted by Crippen LogP contribution is 2.52. The molecule has 1 aliphatic rings. The molecule has 0 aliphatic heterocycles. The highest BCUT2D eigenvalue weighted by molar-refractivity contribution is 5.99. The minimum atomic E-state index is -0.0860. The van der Waals surface area contributed by atoms with Gasteiger partial charge in [0, 0.05) is 22.5 Å². The van der Waals surface area contributed by atoms with Gasteiger partial charge in [-0.1, -0.05) is 178 Å². The fraction of sp³-hybridized carbons (Fsp3) is 0.0566. The van der Waals surface area contributed by atoms with Crippen LogP contribution in [0.5, 0.6) is 0 Å². The molecule has 0 saturated heterocycles. The first-order chi connectivity index (χ1) is 26.5. The molecular formula is C53H39N. The van der Waals surface area contributed by atoms with Gasteiger partial charge in [-0.05, 0) is 114 Å². The highest BCUT2D eigenvalue weighted by Gasteiger charge is 2.37. The average Bonchev–Trinajstić information content (AvgIpc) is 3.47. The normalized spacial score (nSPS) is 12.8. The molecule has 9 aromatic rings. The first kappa shape index (κ1) is 32.0. The summed E-state index contributed by atoms with van der Waals surface area (Å²) in [4.78, 5) is 2.41. The van der Waals surface area contributed by atoms with Gasteiger partial charge in [0.15, 0.2) is 0 Å². The molecule has 1 nitrogen and oxygen atoms in total. The number of fused-ring (bicyclic) bond motifs is 5. The fourth-order valence-corrected chi connectivity index (χ4v) is 8.90. The molecule has 0 amide bonds. The largest absolute Gasteiger partial charge is 0.310 e. The lowest BCUT2D eigenvalue weighted by Crippen LogP contribution is -2.16. The molecule has 0 saturated carbocycles. The molecule has 0 unspecified atom stereocenters. The Bertz CT molecular complexity index is 2730. The summed E-state index contributed by atoms with van der Waals surface area (Å²) in [5.74, 6) is 0. The second-order valence-corrected chi connectivity index (χ2v) is 14.9. The zero-order valence-corrected chi connectivity index (χ0v) is 30.5. The van der Waals surface area contributed by atoms with Crippen molar-refractivity contribution in [2.75, 3.05) is 4.90 Å². The second kappa shape index (κ2) is 12.8. The third kappa shape index (κ3) is 5.24. The predicted molar refractivity (Wildman–Crippen MR) is 230 cm³/mol. The molecule has 0 fully saturated rings. The van der Waals surface area contributed by atoms with E-state index in [1.165, 1.54) is 77.2 Å². The third-order valence-corrected chi connectivity index (χ3v) is 11.4. The molecule has 0 bridgehead atoms. The molecule has 256 valence electrons. The molecule has 0 heterocycles. The van der Waals surface area contributed by atoms with E-state index < -0.39 is 0 Å². The van der Waals surface area contributed by atoms with E-state index in [2.05, 4.69) is 219 Å². The van der Waals surface area contributed by atoms with Gasteiger partial charge in [-0.2, -0.15) is 0 Å². The maximum absolute atomic E-state index is 2.41. The zero-order valence-electron chi connectivity index (χ0n) is 30.5. The van der Waals surface area contributed by atoms with Crippen LogP contribution >= 0.6 is 0 Å². The summed E-state index contributed by atoms with van der Waals surface area (Å²) in [6.07, 6.45) is 0. The van der Waals surface area contributed by atoms with Crippen molar-refractivity contribution in [3.8, 4) is 44.5 Å². The van der Waals surface area contributed by atoms with Crippen LogP contribution in [0.3, 0.4) is 0 Å². The van der Waals surface area contributed by atoms with Crippen molar-refractivity contribution in [3.63, 3.8) is 0 Å². The number of rotatable bonds is 6. The standard InChI is InChI=1S/C53H39N/c1-53(2)51-29-8-7-24-49(51)50-28-13-27-48(52(50)53)38-30-32-41(33-31-38)54(42-20-9-18-39(34-42)46-25-11-16-36-14-3-5-22-44(36)46)43-21-10-19-40(35-43)47-26-12-17-37-15-4-6-23-45(37)47/h3-35H,1-2H3. The van der Waals surface area contributed by atoms with E-state index in [4.69, 9.17) is 0 Å². The predicted octanol–water partition coefficient (Wildman–Crippen LogP) is 14.8. The Kier molecular flexibility index (Phi) is 7.56. The van der Waals surface area contributed by atoms with Crippen molar-refractivity contribution in [3.05, 3.63) is 211 Å². The van der Waals surface area contributed by atoms with Crippen LogP contribution in [0, 0.1) is 0 Å². The molecule has 0 N–H and O–H groups in total. The maximum atomic E-state index is 2.41. The number of nitrogens with zero attached hydrogens (tertiary/aromatic N) is 1. The number of anilines is 3. The van der Waals surface area contributed by atoms with Crippen molar-refractivity contribution in [1.29, 1.82) is 0 Å². The summed E-state index contributed by atoms with van der Waals surface area (Å²) in [5, 5.41) is 5.00. The van der Waals surface area contributed by atoms with Crippen molar-refractivity contribution in [2.45, 2.75) is 19.3 Å². The Morgan fingerprint density at radius 3 is 1.43 bits per heavy atom. The molecule has 54 heavy (non-hydrogen) atoms. The van der Waals surface area contributed by atoms with Gasteiger partial charge < -0.3 is 4.90 Å². The molecular weight excluding hydrogens is 651 g/mol. The summed E-state index contributed by atoms with van der Waals surface area (Å²) >= 11 is 0. The van der Waals surface area contributed by atoms with E-state index >= 15 is 0 Å². The summed E-state index contributed by atoms with van der Waals surface area (Å²) in [6, 6.07) is 73.3. The van der Waals surface area contributed by atoms with Crippen molar-refractivity contribution < 1.29 is 0 Å².